The van der Waals surface area contributed by atoms with Crippen molar-refractivity contribution in [2.75, 3.05) is 11.5 Å². The zero-order valence-electron chi connectivity index (χ0n) is 9.32. The Morgan fingerprint density at radius 1 is 1.44 bits per heavy atom. The largest absolute Gasteiger partial charge is 0.391 e. The van der Waals surface area contributed by atoms with Gasteiger partial charge >= 0.3 is 0 Å². The standard InChI is InChI=1S/C11H18N2O2S/c12-6-7-16-8-11(15)13-9-4-2-1-3-5-10(9)14/h9-10,14H,1-5,7-8H2,(H,13,15). The van der Waals surface area contributed by atoms with Crippen LogP contribution in [0.2, 0.25) is 0 Å². The molecule has 1 fully saturated rings. The lowest BCUT2D eigenvalue weighted by Crippen LogP contribution is -2.43. The molecule has 0 spiro atoms. The second-order valence-electron chi connectivity index (χ2n) is 4.03. The van der Waals surface area contributed by atoms with Crippen molar-refractivity contribution >= 4 is 17.7 Å². The van der Waals surface area contributed by atoms with Gasteiger partial charge in [0.15, 0.2) is 0 Å². The lowest BCUT2D eigenvalue weighted by molar-refractivity contribution is -0.120. The number of thioether (sulfide) groups is 1. The molecule has 0 radical (unpaired) electrons. The van der Waals surface area contributed by atoms with Crippen LogP contribution in [0.1, 0.15) is 32.1 Å². The van der Waals surface area contributed by atoms with Crippen molar-refractivity contribution in [3.05, 3.63) is 0 Å². The fraction of sp³-hybridized carbons (Fsp3) is 0.818. The van der Waals surface area contributed by atoms with Gasteiger partial charge in [0.2, 0.25) is 5.91 Å². The molecule has 5 heteroatoms. The lowest BCUT2D eigenvalue weighted by Gasteiger charge is -2.21. The zero-order valence-corrected chi connectivity index (χ0v) is 10.1. The second-order valence-corrected chi connectivity index (χ2v) is 5.02. The highest BCUT2D eigenvalue weighted by atomic mass is 32.2. The Morgan fingerprint density at radius 3 is 2.94 bits per heavy atom. The zero-order chi connectivity index (χ0) is 11.8. The molecular weight excluding hydrogens is 224 g/mol. The van der Waals surface area contributed by atoms with Crippen LogP contribution < -0.4 is 5.32 Å². The Hall–Kier alpha value is -0.730. The summed E-state index contributed by atoms with van der Waals surface area (Å²) in [5, 5.41) is 21.0. The number of nitrogens with zero attached hydrogens (tertiary/aromatic N) is 1. The SMILES string of the molecule is N#CCSCC(=O)NC1CCCCCC1O. The van der Waals surface area contributed by atoms with Crippen LogP contribution in [0.4, 0.5) is 0 Å². The molecule has 2 N–H and O–H groups in total. The van der Waals surface area contributed by atoms with E-state index in [9.17, 15) is 9.90 Å². The lowest BCUT2D eigenvalue weighted by atomic mass is 10.1. The van der Waals surface area contributed by atoms with E-state index in [-0.39, 0.29) is 11.9 Å². The third kappa shape index (κ3) is 4.86. The van der Waals surface area contributed by atoms with Crippen LogP contribution in [0.5, 0.6) is 0 Å². The maximum atomic E-state index is 11.5. The van der Waals surface area contributed by atoms with Crippen LogP contribution in [0.25, 0.3) is 0 Å². The van der Waals surface area contributed by atoms with Crippen molar-refractivity contribution in [3.63, 3.8) is 0 Å². The molecule has 1 saturated carbocycles. The summed E-state index contributed by atoms with van der Waals surface area (Å²) in [6.45, 7) is 0. The normalized spacial score (nSPS) is 25.5. The number of hydrogen-bond donors (Lipinski definition) is 2. The van der Waals surface area contributed by atoms with Crippen LogP contribution in [0.3, 0.4) is 0 Å². The Kier molecular flexibility index (Phi) is 6.27. The van der Waals surface area contributed by atoms with Gasteiger partial charge < -0.3 is 10.4 Å². The first-order valence-corrected chi connectivity index (χ1v) is 6.81. The van der Waals surface area contributed by atoms with Crippen molar-refractivity contribution in [1.82, 2.24) is 5.32 Å². The number of nitriles is 1. The first-order chi connectivity index (χ1) is 7.74. The minimum absolute atomic E-state index is 0.0776. The van der Waals surface area contributed by atoms with Crippen molar-refractivity contribution < 1.29 is 9.90 Å². The molecule has 1 aliphatic carbocycles. The first kappa shape index (κ1) is 13.3. The van der Waals surface area contributed by atoms with E-state index in [1.54, 1.807) is 0 Å². The maximum absolute atomic E-state index is 11.5. The molecule has 0 aliphatic heterocycles. The Labute approximate surface area is 100 Å². The number of amides is 1. The predicted molar refractivity (Wildman–Crippen MR) is 64.0 cm³/mol. The number of aliphatic hydroxyl groups is 1. The van der Waals surface area contributed by atoms with E-state index in [4.69, 9.17) is 5.26 Å². The van der Waals surface area contributed by atoms with Crippen molar-refractivity contribution in [3.8, 4) is 6.07 Å². The molecule has 90 valence electrons. The van der Waals surface area contributed by atoms with Gasteiger partial charge in [0.1, 0.15) is 0 Å². The molecule has 0 aromatic heterocycles. The van der Waals surface area contributed by atoms with Gasteiger partial charge in [-0.15, -0.1) is 11.8 Å². The number of carbonyl (C=O) groups excluding carboxylic acids is 1. The van der Waals surface area contributed by atoms with E-state index in [1.807, 2.05) is 6.07 Å². The fourth-order valence-electron chi connectivity index (χ4n) is 1.89. The van der Waals surface area contributed by atoms with Crippen LogP contribution in [-0.2, 0) is 4.79 Å². The minimum Gasteiger partial charge on any atom is -0.391 e. The van der Waals surface area contributed by atoms with Crippen molar-refractivity contribution in [2.24, 2.45) is 0 Å². The van der Waals surface area contributed by atoms with Crippen molar-refractivity contribution in [2.45, 2.75) is 44.2 Å². The summed E-state index contributed by atoms with van der Waals surface area (Å²) >= 11 is 1.30. The molecular formula is C11H18N2O2S. The van der Waals surface area contributed by atoms with Gasteiger partial charge in [0, 0.05) is 0 Å². The minimum atomic E-state index is -0.410. The summed E-state index contributed by atoms with van der Waals surface area (Å²) in [5.74, 6) is 0.559. The number of aliphatic hydroxyl groups excluding tert-OH is 1. The molecule has 1 rings (SSSR count). The summed E-state index contributed by atoms with van der Waals surface area (Å²) in [4.78, 5) is 11.5. The Bertz CT molecular complexity index is 265. The molecule has 4 nitrogen and oxygen atoms in total. The summed E-state index contributed by atoms with van der Waals surface area (Å²) in [6, 6.07) is 1.88. The Morgan fingerprint density at radius 2 is 2.19 bits per heavy atom. The third-order valence-electron chi connectivity index (χ3n) is 2.73. The molecule has 1 aliphatic rings. The highest BCUT2D eigenvalue weighted by Crippen LogP contribution is 2.18. The number of rotatable bonds is 4. The average Bonchev–Trinajstić information content (AvgIpc) is 2.45. The molecule has 16 heavy (non-hydrogen) atoms. The molecule has 0 bridgehead atoms. The van der Waals surface area contributed by atoms with Gasteiger partial charge in [-0.3, -0.25) is 4.79 Å². The number of nitrogens with one attached hydrogen (secondary N) is 1. The molecule has 0 aromatic rings. The van der Waals surface area contributed by atoms with Gasteiger partial charge in [0.05, 0.1) is 29.7 Å². The number of hydrogen-bond acceptors (Lipinski definition) is 4. The van der Waals surface area contributed by atoms with E-state index in [1.165, 1.54) is 11.8 Å². The molecule has 0 heterocycles. The molecule has 0 saturated heterocycles. The van der Waals surface area contributed by atoms with E-state index < -0.39 is 6.10 Å². The van der Waals surface area contributed by atoms with Gasteiger partial charge in [-0.05, 0) is 12.8 Å². The summed E-state index contributed by atoms with van der Waals surface area (Å²) < 4.78 is 0. The molecule has 2 atom stereocenters. The quantitative estimate of drug-likeness (QED) is 0.571. The highest BCUT2D eigenvalue weighted by Gasteiger charge is 2.22. The maximum Gasteiger partial charge on any atom is 0.230 e. The van der Waals surface area contributed by atoms with Crippen LogP contribution in [0.15, 0.2) is 0 Å². The molecule has 0 aromatic carbocycles. The van der Waals surface area contributed by atoms with E-state index >= 15 is 0 Å². The smallest absolute Gasteiger partial charge is 0.230 e. The van der Waals surface area contributed by atoms with Gasteiger partial charge in [-0.2, -0.15) is 5.26 Å². The van der Waals surface area contributed by atoms with E-state index in [0.717, 1.165) is 32.1 Å². The monoisotopic (exact) mass is 242 g/mol. The summed E-state index contributed by atoms with van der Waals surface area (Å²) in [6.07, 6.45) is 4.45. The topological polar surface area (TPSA) is 73.1 Å². The summed E-state index contributed by atoms with van der Waals surface area (Å²) in [5.41, 5.74) is 0. The van der Waals surface area contributed by atoms with Gasteiger partial charge in [0.25, 0.3) is 0 Å². The second kappa shape index (κ2) is 7.53. The molecule has 2 unspecified atom stereocenters. The Balaban J connectivity index is 2.28. The molecule has 1 amide bonds. The van der Waals surface area contributed by atoms with E-state index in [2.05, 4.69) is 5.32 Å². The predicted octanol–water partition coefficient (Wildman–Crippen LogP) is 1.05. The fourth-order valence-corrected chi connectivity index (χ4v) is 2.36. The van der Waals surface area contributed by atoms with E-state index in [0.29, 0.717) is 11.5 Å². The van der Waals surface area contributed by atoms with Crippen molar-refractivity contribution in [1.29, 1.82) is 5.26 Å². The van der Waals surface area contributed by atoms with Gasteiger partial charge in [-0.1, -0.05) is 19.3 Å². The van der Waals surface area contributed by atoms with Crippen LogP contribution >= 0.6 is 11.8 Å². The summed E-state index contributed by atoms with van der Waals surface area (Å²) in [7, 11) is 0. The first-order valence-electron chi connectivity index (χ1n) is 5.66. The van der Waals surface area contributed by atoms with Crippen LogP contribution in [-0.4, -0.2) is 34.7 Å². The van der Waals surface area contributed by atoms with Gasteiger partial charge in [-0.25, -0.2) is 0 Å². The average molecular weight is 242 g/mol. The third-order valence-corrected chi connectivity index (χ3v) is 3.53. The van der Waals surface area contributed by atoms with Crippen LogP contribution in [0, 0.1) is 11.3 Å². The highest BCUT2D eigenvalue weighted by molar-refractivity contribution is 8.00. The number of carbonyl (C=O) groups is 1.